The quantitative estimate of drug-likeness (QED) is 0.857. The van der Waals surface area contributed by atoms with Gasteiger partial charge in [-0.25, -0.2) is 0 Å². The van der Waals surface area contributed by atoms with Crippen LogP contribution < -0.4 is 9.64 Å². The lowest BCUT2D eigenvalue weighted by Gasteiger charge is -2.28. The summed E-state index contributed by atoms with van der Waals surface area (Å²) in [6, 6.07) is 8.33. The Morgan fingerprint density at radius 3 is 3.00 bits per heavy atom. The summed E-state index contributed by atoms with van der Waals surface area (Å²) >= 11 is 0. The van der Waals surface area contributed by atoms with E-state index >= 15 is 0 Å². The number of hydrogen-bond acceptors (Lipinski definition) is 3. The molecule has 4 heteroatoms. The minimum absolute atomic E-state index is 0.234. The van der Waals surface area contributed by atoms with Crippen molar-refractivity contribution in [1.82, 2.24) is 0 Å². The van der Waals surface area contributed by atoms with E-state index in [1.165, 1.54) is 0 Å². The summed E-state index contributed by atoms with van der Waals surface area (Å²) < 4.78 is 5.67. The maximum Gasteiger partial charge on any atom is 0.303 e. The number of benzene rings is 1. The second-order valence-corrected chi connectivity index (χ2v) is 4.82. The zero-order valence-corrected chi connectivity index (χ0v) is 11.3. The van der Waals surface area contributed by atoms with Crippen molar-refractivity contribution in [3.8, 4) is 5.75 Å². The molecule has 0 spiro atoms. The Balaban J connectivity index is 2.12. The van der Waals surface area contributed by atoms with E-state index in [0.717, 1.165) is 30.8 Å². The van der Waals surface area contributed by atoms with E-state index in [9.17, 15) is 4.79 Å². The molecule has 1 heterocycles. The van der Waals surface area contributed by atoms with Gasteiger partial charge in [0.2, 0.25) is 0 Å². The van der Waals surface area contributed by atoms with Crippen molar-refractivity contribution in [2.24, 2.45) is 0 Å². The molecule has 0 bridgehead atoms. The minimum atomic E-state index is -0.718. The van der Waals surface area contributed by atoms with E-state index < -0.39 is 5.97 Å². The lowest BCUT2D eigenvalue weighted by Crippen LogP contribution is -2.30. The molecule has 1 aromatic rings. The monoisotopic (exact) mass is 263 g/mol. The van der Waals surface area contributed by atoms with E-state index in [2.05, 4.69) is 11.0 Å². The van der Waals surface area contributed by atoms with Crippen LogP contribution in [-0.2, 0) is 4.79 Å². The van der Waals surface area contributed by atoms with Crippen LogP contribution in [0.1, 0.15) is 32.6 Å². The number of para-hydroxylation sites is 2. The van der Waals surface area contributed by atoms with Gasteiger partial charge < -0.3 is 14.7 Å². The van der Waals surface area contributed by atoms with Crippen molar-refractivity contribution in [2.45, 2.75) is 38.6 Å². The summed E-state index contributed by atoms with van der Waals surface area (Å²) in [5.74, 6) is 0.178. The molecule has 1 N–H and O–H groups in total. The van der Waals surface area contributed by atoms with Gasteiger partial charge in [-0.2, -0.15) is 0 Å². The average Bonchev–Trinajstić information content (AvgIpc) is 2.85. The summed E-state index contributed by atoms with van der Waals surface area (Å²) in [5.41, 5.74) is 1.09. The molecule has 104 valence electrons. The Kier molecular flexibility index (Phi) is 4.66. The zero-order chi connectivity index (χ0) is 13.7. The molecule has 1 unspecified atom stereocenters. The third-order valence-corrected chi connectivity index (χ3v) is 3.54. The molecule has 1 saturated heterocycles. The number of rotatable bonds is 6. The Morgan fingerprint density at radius 1 is 1.47 bits per heavy atom. The summed E-state index contributed by atoms with van der Waals surface area (Å²) in [5, 5.41) is 8.83. The van der Waals surface area contributed by atoms with E-state index in [-0.39, 0.29) is 6.42 Å². The lowest BCUT2D eigenvalue weighted by atomic mass is 10.1. The molecule has 1 aliphatic heterocycles. The number of nitrogens with zero attached hydrogens (tertiary/aromatic N) is 1. The van der Waals surface area contributed by atoms with Gasteiger partial charge in [-0.3, -0.25) is 4.79 Å². The van der Waals surface area contributed by atoms with Crippen LogP contribution in [0.15, 0.2) is 24.3 Å². The molecule has 0 aliphatic carbocycles. The fourth-order valence-electron chi connectivity index (χ4n) is 2.72. The first-order valence-electron chi connectivity index (χ1n) is 6.92. The summed E-state index contributed by atoms with van der Waals surface area (Å²) in [7, 11) is 0. The topological polar surface area (TPSA) is 49.8 Å². The molecule has 19 heavy (non-hydrogen) atoms. The van der Waals surface area contributed by atoms with Gasteiger partial charge in [0, 0.05) is 19.0 Å². The van der Waals surface area contributed by atoms with Crippen LogP contribution in [0, 0.1) is 0 Å². The molecule has 1 atom stereocenters. The van der Waals surface area contributed by atoms with Gasteiger partial charge in [0.1, 0.15) is 5.75 Å². The first-order chi connectivity index (χ1) is 9.22. The van der Waals surface area contributed by atoms with Gasteiger partial charge in [-0.05, 0) is 38.3 Å². The van der Waals surface area contributed by atoms with Crippen molar-refractivity contribution in [3.05, 3.63) is 24.3 Å². The Hall–Kier alpha value is -1.71. The van der Waals surface area contributed by atoms with Crippen molar-refractivity contribution < 1.29 is 14.6 Å². The Labute approximate surface area is 114 Å². The first-order valence-corrected chi connectivity index (χ1v) is 6.92. The second-order valence-electron chi connectivity index (χ2n) is 4.82. The lowest BCUT2D eigenvalue weighted by molar-refractivity contribution is -0.137. The van der Waals surface area contributed by atoms with Crippen LogP contribution >= 0.6 is 0 Å². The third kappa shape index (κ3) is 3.40. The first kappa shape index (κ1) is 13.7. The van der Waals surface area contributed by atoms with Gasteiger partial charge in [0.05, 0.1) is 12.3 Å². The Morgan fingerprint density at radius 2 is 2.26 bits per heavy atom. The second kappa shape index (κ2) is 6.45. The van der Waals surface area contributed by atoms with Crippen LogP contribution in [0.25, 0.3) is 0 Å². The average molecular weight is 263 g/mol. The highest BCUT2D eigenvalue weighted by Gasteiger charge is 2.26. The van der Waals surface area contributed by atoms with E-state index in [1.54, 1.807) is 0 Å². The largest absolute Gasteiger partial charge is 0.492 e. The van der Waals surface area contributed by atoms with Crippen LogP contribution in [0.4, 0.5) is 5.69 Å². The van der Waals surface area contributed by atoms with Gasteiger partial charge in [0.15, 0.2) is 0 Å². The molecule has 1 fully saturated rings. The zero-order valence-electron chi connectivity index (χ0n) is 11.3. The number of aliphatic carboxylic acids is 1. The van der Waals surface area contributed by atoms with Crippen LogP contribution in [0.5, 0.6) is 5.75 Å². The van der Waals surface area contributed by atoms with Gasteiger partial charge in [-0.1, -0.05) is 12.1 Å². The van der Waals surface area contributed by atoms with Gasteiger partial charge >= 0.3 is 5.97 Å². The molecule has 0 amide bonds. The summed E-state index contributed by atoms with van der Waals surface area (Å²) in [4.78, 5) is 13.0. The van der Waals surface area contributed by atoms with Crippen LogP contribution in [0.2, 0.25) is 0 Å². The van der Waals surface area contributed by atoms with Crippen LogP contribution in [0.3, 0.4) is 0 Å². The van der Waals surface area contributed by atoms with Gasteiger partial charge in [0.25, 0.3) is 0 Å². The molecule has 0 aromatic heterocycles. The number of anilines is 1. The smallest absolute Gasteiger partial charge is 0.303 e. The maximum absolute atomic E-state index is 10.7. The van der Waals surface area contributed by atoms with E-state index in [4.69, 9.17) is 9.84 Å². The van der Waals surface area contributed by atoms with Crippen LogP contribution in [-0.4, -0.2) is 30.3 Å². The number of carboxylic acid groups (broad SMARTS) is 1. The van der Waals surface area contributed by atoms with Crippen molar-refractivity contribution in [1.29, 1.82) is 0 Å². The number of carboxylic acids is 1. The predicted molar refractivity (Wildman–Crippen MR) is 74.8 cm³/mol. The fourth-order valence-corrected chi connectivity index (χ4v) is 2.72. The van der Waals surface area contributed by atoms with E-state index in [0.29, 0.717) is 19.1 Å². The minimum Gasteiger partial charge on any atom is -0.492 e. The molecule has 1 aromatic carbocycles. The normalized spacial score (nSPS) is 18.6. The summed E-state index contributed by atoms with van der Waals surface area (Å²) in [6.07, 6.45) is 3.12. The maximum atomic E-state index is 10.7. The molecular weight excluding hydrogens is 242 g/mol. The standard InChI is InChI=1S/C15H21NO3/c1-2-19-14-8-4-3-7-13(14)16-11-5-6-12(16)9-10-15(17)18/h3-4,7-8,12H,2,5-6,9-11H2,1H3,(H,17,18). The Bertz CT molecular complexity index is 433. The fraction of sp³-hybridized carbons (Fsp3) is 0.533. The molecule has 4 nitrogen and oxygen atoms in total. The summed E-state index contributed by atoms with van der Waals surface area (Å²) in [6.45, 7) is 3.60. The van der Waals surface area contributed by atoms with Gasteiger partial charge in [-0.15, -0.1) is 0 Å². The highest BCUT2D eigenvalue weighted by atomic mass is 16.5. The molecule has 0 saturated carbocycles. The number of ether oxygens (including phenoxy) is 1. The number of hydrogen-bond donors (Lipinski definition) is 1. The molecule has 1 aliphatic rings. The SMILES string of the molecule is CCOc1ccccc1N1CCCC1CCC(=O)O. The van der Waals surface area contributed by atoms with Crippen molar-refractivity contribution in [2.75, 3.05) is 18.1 Å². The third-order valence-electron chi connectivity index (χ3n) is 3.54. The van der Waals surface area contributed by atoms with Crippen molar-refractivity contribution >= 4 is 11.7 Å². The number of carbonyl (C=O) groups is 1. The van der Waals surface area contributed by atoms with Crippen molar-refractivity contribution in [3.63, 3.8) is 0 Å². The highest BCUT2D eigenvalue weighted by molar-refractivity contribution is 5.67. The molecule has 2 rings (SSSR count). The van der Waals surface area contributed by atoms with E-state index in [1.807, 2.05) is 25.1 Å². The molecule has 0 radical (unpaired) electrons. The predicted octanol–water partition coefficient (Wildman–Crippen LogP) is 2.92. The highest BCUT2D eigenvalue weighted by Crippen LogP contribution is 2.34. The molecular formula is C15H21NO3.